The summed E-state index contributed by atoms with van der Waals surface area (Å²) in [6.07, 6.45) is 6.37. The van der Waals surface area contributed by atoms with Gasteiger partial charge in [-0.2, -0.15) is 0 Å². The van der Waals surface area contributed by atoms with E-state index in [1.807, 2.05) is 18.2 Å². The molecule has 1 atom stereocenters. The van der Waals surface area contributed by atoms with Gasteiger partial charge in [-0.25, -0.2) is 0 Å². The van der Waals surface area contributed by atoms with E-state index in [1.165, 1.54) is 12.8 Å². The first kappa shape index (κ1) is 14.6. The van der Waals surface area contributed by atoms with Gasteiger partial charge in [-0.3, -0.25) is 4.98 Å². The highest BCUT2D eigenvalue weighted by Crippen LogP contribution is 2.32. The molecule has 2 fully saturated rings. The molecular formula is C18H23N5. The molecule has 4 rings (SSSR count). The maximum Gasteiger partial charge on any atom is 0.151 e. The molecule has 23 heavy (non-hydrogen) atoms. The van der Waals surface area contributed by atoms with Crippen LogP contribution in [0.15, 0.2) is 36.7 Å². The Kier molecular flexibility index (Phi) is 3.95. The van der Waals surface area contributed by atoms with Crippen LogP contribution in [0.4, 0.5) is 5.82 Å². The van der Waals surface area contributed by atoms with E-state index in [4.69, 9.17) is 0 Å². The van der Waals surface area contributed by atoms with Gasteiger partial charge >= 0.3 is 0 Å². The highest BCUT2D eigenvalue weighted by Gasteiger charge is 2.31. The monoisotopic (exact) mass is 309 g/mol. The summed E-state index contributed by atoms with van der Waals surface area (Å²) in [5, 5.41) is 12.4. The summed E-state index contributed by atoms with van der Waals surface area (Å²) in [5.41, 5.74) is 1.95. The molecule has 2 aromatic heterocycles. The van der Waals surface area contributed by atoms with Crippen LogP contribution in [0, 0.1) is 11.8 Å². The first-order valence-electron chi connectivity index (χ1n) is 8.52. The molecule has 1 aliphatic heterocycles. The van der Waals surface area contributed by atoms with Gasteiger partial charge in [-0.1, -0.05) is 0 Å². The smallest absolute Gasteiger partial charge is 0.151 e. The quantitative estimate of drug-likeness (QED) is 0.888. The van der Waals surface area contributed by atoms with Crippen LogP contribution in [0.5, 0.6) is 0 Å². The third kappa shape index (κ3) is 3.34. The van der Waals surface area contributed by atoms with Crippen LogP contribution in [-0.4, -0.2) is 40.9 Å². The van der Waals surface area contributed by atoms with E-state index in [0.717, 1.165) is 48.5 Å². The molecule has 0 amide bonds. The van der Waals surface area contributed by atoms with E-state index in [1.54, 1.807) is 12.4 Å². The molecule has 5 nitrogen and oxygen atoms in total. The standard InChI is InChI=1S/C18H23N5/c1-13(15-2-3-15)20-10-14-11-23(12-14)18-5-4-17(21-22-18)16-6-8-19-9-7-16/h4-9,13-15,20H,2-3,10-12H2,1H3. The minimum atomic E-state index is 0.684. The van der Waals surface area contributed by atoms with Crippen molar-refractivity contribution < 1.29 is 0 Å². The largest absolute Gasteiger partial charge is 0.354 e. The molecule has 5 heteroatoms. The summed E-state index contributed by atoms with van der Waals surface area (Å²) >= 11 is 0. The number of hydrogen-bond acceptors (Lipinski definition) is 5. The summed E-state index contributed by atoms with van der Waals surface area (Å²) in [4.78, 5) is 6.33. The average Bonchev–Trinajstić information content (AvgIpc) is 3.39. The average molecular weight is 309 g/mol. The molecule has 1 N–H and O–H groups in total. The Morgan fingerprint density at radius 2 is 1.91 bits per heavy atom. The molecule has 3 heterocycles. The van der Waals surface area contributed by atoms with Gasteiger partial charge in [0.15, 0.2) is 5.82 Å². The van der Waals surface area contributed by atoms with E-state index >= 15 is 0 Å². The molecule has 1 aliphatic carbocycles. The lowest BCUT2D eigenvalue weighted by Crippen LogP contribution is -2.52. The maximum absolute atomic E-state index is 4.38. The van der Waals surface area contributed by atoms with Crippen LogP contribution in [0.3, 0.4) is 0 Å². The molecule has 0 aromatic carbocycles. The van der Waals surface area contributed by atoms with Crippen LogP contribution < -0.4 is 10.2 Å². The van der Waals surface area contributed by atoms with E-state index in [2.05, 4.69) is 38.4 Å². The lowest BCUT2D eigenvalue weighted by Gasteiger charge is -2.40. The summed E-state index contributed by atoms with van der Waals surface area (Å²) in [5.74, 6) is 2.64. The van der Waals surface area contributed by atoms with Crippen molar-refractivity contribution in [1.82, 2.24) is 20.5 Å². The fourth-order valence-electron chi connectivity index (χ4n) is 3.17. The van der Waals surface area contributed by atoms with Crippen molar-refractivity contribution in [3.05, 3.63) is 36.7 Å². The molecule has 120 valence electrons. The lowest BCUT2D eigenvalue weighted by molar-refractivity contribution is 0.354. The maximum atomic E-state index is 4.38. The van der Waals surface area contributed by atoms with E-state index in [0.29, 0.717) is 6.04 Å². The summed E-state index contributed by atoms with van der Waals surface area (Å²) in [6.45, 7) is 5.59. The molecule has 2 aromatic rings. The number of rotatable bonds is 6. The van der Waals surface area contributed by atoms with Gasteiger partial charge < -0.3 is 10.2 Å². The van der Waals surface area contributed by atoms with Crippen molar-refractivity contribution in [3.8, 4) is 11.3 Å². The summed E-state index contributed by atoms with van der Waals surface area (Å²) < 4.78 is 0. The number of nitrogens with one attached hydrogen (secondary N) is 1. The Labute approximate surface area is 137 Å². The van der Waals surface area contributed by atoms with Crippen LogP contribution in [0.25, 0.3) is 11.3 Å². The van der Waals surface area contributed by atoms with E-state index < -0.39 is 0 Å². The lowest BCUT2D eigenvalue weighted by atomic mass is 9.99. The van der Waals surface area contributed by atoms with Crippen molar-refractivity contribution in [2.24, 2.45) is 11.8 Å². The number of pyridine rings is 1. The topological polar surface area (TPSA) is 53.9 Å². The molecule has 1 saturated heterocycles. The zero-order chi connectivity index (χ0) is 15.6. The normalized spacial score (nSPS) is 19.4. The molecule has 0 bridgehead atoms. The third-order valence-corrected chi connectivity index (χ3v) is 4.97. The first-order chi connectivity index (χ1) is 11.3. The number of anilines is 1. The Hall–Kier alpha value is -2.01. The Morgan fingerprint density at radius 3 is 2.57 bits per heavy atom. The second-order valence-corrected chi connectivity index (χ2v) is 6.82. The van der Waals surface area contributed by atoms with Crippen LogP contribution >= 0.6 is 0 Å². The molecular weight excluding hydrogens is 286 g/mol. The molecule has 0 radical (unpaired) electrons. The van der Waals surface area contributed by atoms with Crippen molar-refractivity contribution >= 4 is 5.82 Å². The second kappa shape index (κ2) is 6.24. The Balaban J connectivity index is 1.28. The zero-order valence-electron chi connectivity index (χ0n) is 13.5. The predicted octanol–water partition coefficient (Wildman–Crippen LogP) is 2.36. The Morgan fingerprint density at radius 1 is 1.13 bits per heavy atom. The highest BCUT2D eigenvalue weighted by atomic mass is 15.3. The summed E-state index contributed by atoms with van der Waals surface area (Å²) in [6, 6.07) is 8.70. The van der Waals surface area contributed by atoms with Crippen LogP contribution in [-0.2, 0) is 0 Å². The third-order valence-electron chi connectivity index (χ3n) is 4.97. The van der Waals surface area contributed by atoms with Gasteiger partial charge in [0.05, 0.1) is 5.69 Å². The predicted molar refractivity (Wildman–Crippen MR) is 91.2 cm³/mol. The van der Waals surface area contributed by atoms with Crippen molar-refractivity contribution in [1.29, 1.82) is 0 Å². The molecule has 1 saturated carbocycles. The fraction of sp³-hybridized carbons (Fsp3) is 0.500. The fourth-order valence-corrected chi connectivity index (χ4v) is 3.17. The van der Waals surface area contributed by atoms with Crippen molar-refractivity contribution in [2.45, 2.75) is 25.8 Å². The van der Waals surface area contributed by atoms with E-state index in [-0.39, 0.29) is 0 Å². The zero-order valence-corrected chi connectivity index (χ0v) is 13.5. The minimum Gasteiger partial charge on any atom is -0.354 e. The van der Waals surface area contributed by atoms with Gasteiger partial charge in [-0.05, 0) is 49.9 Å². The first-order valence-corrected chi connectivity index (χ1v) is 8.52. The van der Waals surface area contributed by atoms with Gasteiger partial charge in [0.25, 0.3) is 0 Å². The van der Waals surface area contributed by atoms with Gasteiger partial charge in [0, 0.05) is 49.6 Å². The minimum absolute atomic E-state index is 0.684. The SMILES string of the molecule is CC(NCC1CN(c2ccc(-c3ccncc3)nn2)C1)C1CC1. The van der Waals surface area contributed by atoms with Gasteiger partial charge in [0.1, 0.15) is 0 Å². The number of aromatic nitrogens is 3. The summed E-state index contributed by atoms with van der Waals surface area (Å²) in [7, 11) is 0. The van der Waals surface area contributed by atoms with Gasteiger partial charge in [-0.15, -0.1) is 10.2 Å². The number of hydrogen-bond donors (Lipinski definition) is 1. The van der Waals surface area contributed by atoms with Crippen LogP contribution in [0.2, 0.25) is 0 Å². The molecule has 0 spiro atoms. The molecule has 2 aliphatic rings. The van der Waals surface area contributed by atoms with Gasteiger partial charge in [0.2, 0.25) is 0 Å². The van der Waals surface area contributed by atoms with E-state index in [9.17, 15) is 0 Å². The molecule has 1 unspecified atom stereocenters. The van der Waals surface area contributed by atoms with Crippen molar-refractivity contribution in [3.63, 3.8) is 0 Å². The second-order valence-electron chi connectivity index (χ2n) is 6.82. The van der Waals surface area contributed by atoms with Crippen molar-refractivity contribution in [2.75, 3.05) is 24.5 Å². The number of nitrogens with zero attached hydrogens (tertiary/aromatic N) is 4. The Bertz CT molecular complexity index is 632. The highest BCUT2D eigenvalue weighted by molar-refractivity contribution is 5.59. The van der Waals surface area contributed by atoms with Crippen LogP contribution in [0.1, 0.15) is 19.8 Å².